The Morgan fingerprint density at radius 1 is 1.35 bits per heavy atom. The standard InChI is InChI=1S/C17H26N2O4/c1-4-9-23-17(2,13-5-6-13)16(20)19-14-7-8-15(18-12-14)22-11-10-21-3/h7-8,12-13H,4-6,9-11H2,1-3H3,(H,19,20)/t17-/m1/s1. The first-order valence-electron chi connectivity index (χ1n) is 8.13. The van der Waals surface area contributed by atoms with E-state index in [1.165, 1.54) is 0 Å². The van der Waals surface area contributed by atoms with Crippen LogP contribution in [0, 0.1) is 5.92 Å². The molecule has 0 radical (unpaired) electrons. The minimum atomic E-state index is -0.760. The maximum absolute atomic E-state index is 12.6. The fourth-order valence-electron chi connectivity index (χ4n) is 2.34. The molecule has 0 saturated heterocycles. The summed E-state index contributed by atoms with van der Waals surface area (Å²) in [6.07, 6.45) is 4.56. The number of pyridine rings is 1. The molecule has 0 spiro atoms. The van der Waals surface area contributed by atoms with Gasteiger partial charge in [-0.25, -0.2) is 4.98 Å². The summed E-state index contributed by atoms with van der Waals surface area (Å²) < 4.78 is 16.2. The number of aromatic nitrogens is 1. The van der Waals surface area contributed by atoms with E-state index in [9.17, 15) is 4.79 Å². The molecule has 6 heteroatoms. The molecule has 2 rings (SSSR count). The van der Waals surface area contributed by atoms with Crippen molar-refractivity contribution in [2.24, 2.45) is 5.92 Å². The third-order valence-corrected chi connectivity index (χ3v) is 3.94. The van der Waals surface area contributed by atoms with Gasteiger partial charge in [-0.3, -0.25) is 4.79 Å². The monoisotopic (exact) mass is 322 g/mol. The van der Waals surface area contributed by atoms with Crippen molar-refractivity contribution in [1.29, 1.82) is 0 Å². The van der Waals surface area contributed by atoms with Gasteiger partial charge in [0.2, 0.25) is 5.88 Å². The third-order valence-electron chi connectivity index (χ3n) is 3.94. The van der Waals surface area contributed by atoms with Gasteiger partial charge in [-0.1, -0.05) is 6.92 Å². The van der Waals surface area contributed by atoms with Crippen LogP contribution in [0.25, 0.3) is 0 Å². The maximum Gasteiger partial charge on any atom is 0.256 e. The lowest BCUT2D eigenvalue weighted by atomic mass is 9.99. The van der Waals surface area contributed by atoms with Gasteiger partial charge in [0.1, 0.15) is 12.2 Å². The molecule has 6 nitrogen and oxygen atoms in total. The SMILES string of the molecule is CCCO[C@@](C)(C(=O)Nc1ccc(OCCOC)nc1)C1CC1. The third kappa shape index (κ3) is 4.91. The summed E-state index contributed by atoms with van der Waals surface area (Å²) in [6, 6.07) is 3.51. The second kappa shape index (κ2) is 8.26. The zero-order chi connectivity index (χ0) is 16.7. The number of hydrogen-bond acceptors (Lipinski definition) is 5. The number of methoxy groups -OCH3 is 1. The Bertz CT molecular complexity index is 502. The molecule has 1 aromatic rings. The Labute approximate surface area is 137 Å². The lowest BCUT2D eigenvalue weighted by molar-refractivity contribution is -0.142. The predicted octanol–water partition coefficient (Wildman–Crippen LogP) is 2.64. The molecular weight excluding hydrogens is 296 g/mol. The van der Waals surface area contributed by atoms with Crippen LogP contribution < -0.4 is 10.1 Å². The Morgan fingerprint density at radius 3 is 2.70 bits per heavy atom. The molecule has 1 aliphatic rings. The van der Waals surface area contributed by atoms with Crippen molar-refractivity contribution >= 4 is 11.6 Å². The highest BCUT2D eigenvalue weighted by Crippen LogP contribution is 2.42. The van der Waals surface area contributed by atoms with E-state index < -0.39 is 5.60 Å². The number of carbonyl (C=O) groups is 1. The van der Waals surface area contributed by atoms with Crippen LogP contribution in [-0.2, 0) is 14.3 Å². The molecule has 128 valence electrons. The Balaban J connectivity index is 1.93. The van der Waals surface area contributed by atoms with Gasteiger partial charge in [0.25, 0.3) is 5.91 Å². The van der Waals surface area contributed by atoms with Crippen LogP contribution in [0.5, 0.6) is 5.88 Å². The Hall–Kier alpha value is -1.66. The number of nitrogens with one attached hydrogen (secondary N) is 1. The first-order valence-corrected chi connectivity index (χ1v) is 8.13. The molecule has 1 N–H and O–H groups in total. The highest BCUT2D eigenvalue weighted by atomic mass is 16.5. The summed E-state index contributed by atoms with van der Waals surface area (Å²) in [5.74, 6) is 0.703. The van der Waals surface area contributed by atoms with E-state index in [0.29, 0.717) is 37.3 Å². The summed E-state index contributed by atoms with van der Waals surface area (Å²) >= 11 is 0. The highest BCUT2D eigenvalue weighted by molar-refractivity contribution is 5.97. The molecule has 1 heterocycles. The minimum absolute atomic E-state index is 0.108. The number of hydrogen-bond donors (Lipinski definition) is 1. The molecule has 1 atom stereocenters. The first kappa shape index (κ1) is 17.7. The molecule has 1 fully saturated rings. The van der Waals surface area contributed by atoms with Gasteiger partial charge in [-0.05, 0) is 38.2 Å². The molecule has 23 heavy (non-hydrogen) atoms. The predicted molar refractivity (Wildman–Crippen MR) is 87.6 cm³/mol. The van der Waals surface area contributed by atoms with E-state index in [1.54, 1.807) is 25.4 Å². The van der Waals surface area contributed by atoms with Gasteiger partial charge in [-0.15, -0.1) is 0 Å². The van der Waals surface area contributed by atoms with E-state index in [-0.39, 0.29) is 5.91 Å². The highest BCUT2D eigenvalue weighted by Gasteiger charge is 2.48. The zero-order valence-electron chi connectivity index (χ0n) is 14.1. The smallest absolute Gasteiger partial charge is 0.256 e. The molecule has 0 aliphatic heterocycles. The van der Waals surface area contributed by atoms with Crippen LogP contribution in [-0.4, -0.2) is 43.4 Å². The summed E-state index contributed by atoms with van der Waals surface area (Å²) in [7, 11) is 1.62. The normalized spacial score (nSPS) is 16.7. The van der Waals surface area contributed by atoms with Gasteiger partial charge in [-0.2, -0.15) is 0 Å². The molecule has 1 aliphatic carbocycles. The zero-order valence-corrected chi connectivity index (χ0v) is 14.1. The summed E-state index contributed by atoms with van der Waals surface area (Å²) in [5.41, 5.74) is -0.120. The van der Waals surface area contributed by atoms with Crippen LogP contribution in [0.3, 0.4) is 0 Å². The molecule has 0 bridgehead atoms. The number of nitrogens with zero attached hydrogens (tertiary/aromatic N) is 1. The van der Waals surface area contributed by atoms with Crippen LogP contribution in [0.2, 0.25) is 0 Å². The largest absolute Gasteiger partial charge is 0.475 e. The van der Waals surface area contributed by atoms with Crippen LogP contribution in [0.15, 0.2) is 18.3 Å². The topological polar surface area (TPSA) is 69.7 Å². The van der Waals surface area contributed by atoms with Crippen molar-refractivity contribution in [1.82, 2.24) is 4.98 Å². The molecule has 1 amide bonds. The average molecular weight is 322 g/mol. The lowest BCUT2D eigenvalue weighted by Crippen LogP contribution is -2.45. The summed E-state index contributed by atoms with van der Waals surface area (Å²) in [6.45, 7) is 5.46. The van der Waals surface area contributed by atoms with E-state index >= 15 is 0 Å². The van der Waals surface area contributed by atoms with E-state index in [2.05, 4.69) is 10.3 Å². The maximum atomic E-state index is 12.6. The van der Waals surface area contributed by atoms with E-state index in [1.807, 2.05) is 13.8 Å². The summed E-state index contributed by atoms with van der Waals surface area (Å²) in [4.78, 5) is 16.8. The molecule has 0 aromatic carbocycles. The average Bonchev–Trinajstić information content (AvgIpc) is 3.39. The lowest BCUT2D eigenvalue weighted by Gasteiger charge is -2.28. The van der Waals surface area contributed by atoms with Crippen molar-refractivity contribution in [2.45, 2.75) is 38.7 Å². The van der Waals surface area contributed by atoms with Crippen molar-refractivity contribution in [2.75, 3.05) is 32.2 Å². The number of ether oxygens (including phenoxy) is 3. The van der Waals surface area contributed by atoms with E-state index in [0.717, 1.165) is 19.3 Å². The van der Waals surface area contributed by atoms with Gasteiger partial charge < -0.3 is 19.5 Å². The van der Waals surface area contributed by atoms with Gasteiger partial charge in [0.05, 0.1) is 18.5 Å². The van der Waals surface area contributed by atoms with E-state index in [4.69, 9.17) is 14.2 Å². The minimum Gasteiger partial charge on any atom is -0.475 e. The van der Waals surface area contributed by atoms with Crippen LogP contribution >= 0.6 is 0 Å². The molecule has 1 saturated carbocycles. The second-order valence-corrected chi connectivity index (χ2v) is 5.91. The quantitative estimate of drug-likeness (QED) is 0.671. The number of anilines is 1. The van der Waals surface area contributed by atoms with Crippen molar-refractivity contribution < 1.29 is 19.0 Å². The van der Waals surface area contributed by atoms with Crippen molar-refractivity contribution in [3.63, 3.8) is 0 Å². The second-order valence-electron chi connectivity index (χ2n) is 5.91. The number of carbonyl (C=O) groups excluding carboxylic acids is 1. The van der Waals surface area contributed by atoms with Crippen molar-refractivity contribution in [3.8, 4) is 5.88 Å². The molecular formula is C17H26N2O4. The van der Waals surface area contributed by atoms with Crippen LogP contribution in [0.1, 0.15) is 33.1 Å². The summed E-state index contributed by atoms with van der Waals surface area (Å²) in [5, 5.41) is 2.90. The molecule has 1 aromatic heterocycles. The Kier molecular flexibility index (Phi) is 6.36. The fraction of sp³-hybridized carbons (Fsp3) is 0.647. The first-order chi connectivity index (χ1) is 11.1. The number of amides is 1. The number of rotatable bonds is 10. The van der Waals surface area contributed by atoms with Gasteiger partial charge in [0, 0.05) is 19.8 Å². The molecule has 0 unspecified atom stereocenters. The van der Waals surface area contributed by atoms with Crippen LogP contribution in [0.4, 0.5) is 5.69 Å². The van der Waals surface area contributed by atoms with Crippen molar-refractivity contribution in [3.05, 3.63) is 18.3 Å². The van der Waals surface area contributed by atoms with Gasteiger partial charge in [0.15, 0.2) is 0 Å². The Morgan fingerprint density at radius 2 is 2.13 bits per heavy atom. The fourth-order valence-corrected chi connectivity index (χ4v) is 2.34. The van der Waals surface area contributed by atoms with Gasteiger partial charge >= 0.3 is 0 Å².